The zero-order valence-corrected chi connectivity index (χ0v) is 15.6. The number of thioether (sulfide) groups is 1. The Morgan fingerprint density at radius 1 is 1.32 bits per heavy atom. The summed E-state index contributed by atoms with van der Waals surface area (Å²) < 4.78 is 70.2. The number of hydrogen-bond acceptors (Lipinski definition) is 5. The Morgan fingerprint density at radius 2 is 1.96 bits per heavy atom. The van der Waals surface area contributed by atoms with Crippen LogP contribution in [0.5, 0.6) is 0 Å². The van der Waals surface area contributed by atoms with Crippen LogP contribution in [0.4, 0.5) is 13.2 Å². The van der Waals surface area contributed by atoms with E-state index >= 15 is 0 Å². The van der Waals surface area contributed by atoms with Crippen molar-refractivity contribution < 1.29 is 31.1 Å². The first-order valence-electron chi connectivity index (χ1n) is 7.36. The molecule has 1 atom stereocenters. The van der Waals surface area contributed by atoms with Crippen molar-refractivity contribution in [2.24, 2.45) is 0 Å². The molecule has 0 aliphatic rings. The summed E-state index contributed by atoms with van der Waals surface area (Å²) in [6.45, 7) is 3.23. The minimum Gasteiger partial charge on any atom is -0.462 e. The number of hydrogen-bond donors (Lipinski definition) is 1. The van der Waals surface area contributed by atoms with E-state index in [1.54, 1.807) is 20.1 Å². The summed E-state index contributed by atoms with van der Waals surface area (Å²) in [6, 6.07) is 2.17. The number of sulfonamides is 1. The molecule has 0 amide bonds. The first-order chi connectivity index (χ1) is 11.5. The Labute approximate surface area is 149 Å². The Bertz CT molecular complexity index is 690. The summed E-state index contributed by atoms with van der Waals surface area (Å²) in [5.74, 6) is -0.289. The molecule has 0 aliphatic carbocycles. The summed E-state index contributed by atoms with van der Waals surface area (Å²) in [7, 11) is -4.31. The van der Waals surface area contributed by atoms with Crippen molar-refractivity contribution in [1.29, 1.82) is 0 Å². The molecule has 0 aromatic heterocycles. The molecule has 0 radical (unpaired) electrons. The van der Waals surface area contributed by atoms with Gasteiger partial charge in [-0.1, -0.05) is 6.07 Å². The lowest BCUT2D eigenvalue weighted by molar-refractivity contribution is -0.149. The minimum absolute atomic E-state index is 0.158. The first kappa shape index (κ1) is 21.8. The fourth-order valence-corrected chi connectivity index (χ4v) is 3.61. The zero-order chi connectivity index (χ0) is 19.3. The highest BCUT2D eigenvalue weighted by molar-refractivity contribution is 7.98. The number of carbonyl (C=O) groups excluding carboxylic acids is 1. The van der Waals surface area contributed by atoms with Gasteiger partial charge in [-0.15, -0.1) is 0 Å². The SMILES string of the molecule is CSCCC(NS(=O)(=O)c1cccc(C(F)(F)F)c1)C(=O)OC(C)C. The molecule has 0 spiro atoms. The molecule has 0 saturated carbocycles. The third-order valence-electron chi connectivity index (χ3n) is 3.02. The minimum atomic E-state index is -4.67. The van der Waals surface area contributed by atoms with Gasteiger partial charge in [0.25, 0.3) is 0 Å². The van der Waals surface area contributed by atoms with Gasteiger partial charge in [0, 0.05) is 0 Å². The van der Waals surface area contributed by atoms with Gasteiger partial charge in [0.15, 0.2) is 0 Å². The normalized spacial score (nSPS) is 13.7. The molecule has 10 heteroatoms. The Hall–Kier alpha value is -1.26. The summed E-state index contributed by atoms with van der Waals surface area (Å²) in [4.78, 5) is 11.5. The second kappa shape index (κ2) is 8.91. The average molecular weight is 399 g/mol. The van der Waals surface area contributed by atoms with Crippen LogP contribution in [0.3, 0.4) is 0 Å². The van der Waals surface area contributed by atoms with E-state index in [2.05, 4.69) is 4.72 Å². The molecular formula is C15H20F3NO4S2. The highest BCUT2D eigenvalue weighted by atomic mass is 32.2. The van der Waals surface area contributed by atoms with Crippen LogP contribution in [0, 0.1) is 0 Å². The molecule has 0 heterocycles. The van der Waals surface area contributed by atoms with Gasteiger partial charge in [0.2, 0.25) is 10.0 Å². The molecule has 1 N–H and O–H groups in total. The average Bonchev–Trinajstić information content (AvgIpc) is 2.50. The zero-order valence-electron chi connectivity index (χ0n) is 14.0. The summed E-state index contributed by atoms with van der Waals surface area (Å²) in [5, 5.41) is 0. The summed E-state index contributed by atoms with van der Waals surface area (Å²) in [6.07, 6.45) is -3.17. The Balaban J connectivity index is 3.07. The first-order valence-corrected chi connectivity index (χ1v) is 10.2. The number of ether oxygens (including phenoxy) is 1. The van der Waals surface area contributed by atoms with Gasteiger partial charge in [0.1, 0.15) is 6.04 Å². The molecule has 1 aromatic rings. The fourth-order valence-electron chi connectivity index (χ4n) is 1.87. The number of alkyl halides is 3. The van der Waals surface area contributed by atoms with Crippen LogP contribution < -0.4 is 4.72 Å². The van der Waals surface area contributed by atoms with Gasteiger partial charge in [-0.2, -0.15) is 29.7 Å². The van der Waals surface area contributed by atoms with Gasteiger partial charge >= 0.3 is 12.1 Å². The number of nitrogens with one attached hydrogen (secondary N) is 1. The largest absolute Gasteiger partial charge is 0.462 e. The maximum Gasteiger partial charge on any atom is 0.416 e. The van der Waals surface area contributed by atoms with Gasteiger partial charge in [0.05, 0.1) is 16.6 Å². The molecule has 0 aliphatic heterocycles. The van der Waals surface area contributed by atoms with Gasteiger partial charge in [-0.3, -0.25) is 4.79 Å². The monoisotopic (exact) mass is 399 g/mol. The van der Waals surface area contributed by atoms with Crippen LogP contribution in [0.15, 0.2) is 29.2 Å². The van der Waals surface area contributed by atoms with Crippen LogP contribution in [-0.2, 0) is 25.7 Å². The highest BCUT2D eigenvalue weighted by Gasteiger charge is 2.33. The van der Waals surface area contributed by atoms with Crippen molar-refractivity contribution in [1.82, 2.24) is 4.72 Å². The van der Waals surface area contributed by atoms with Crippen LogP contribution >= 0.6 is 11.8 Å². The molecule has 25 heavy (non-hydrogen) atoms. The second-order valence-corrected chi connectivity index (χ2v) is 8.17. The van der Waals surface area contributed by atoms with E-state index in [0.29, 0.717) is 11.8 Å². The van der Waals surface area contributed by atoms with E-state index in [0.717, 1.165) is 18.2 Å². The predicted octanol–water partition coefficient (Wildman–Crippen LogP) is 3.06. The number of esters is 1. The Kier molecular flexibility index (Phi) is 7.76. The van der Waals surface area contributed by atoms with Crippen molar-refractivity contribution >= 4 is 27.8 Å². The maximum absolute atomic E-state index is 12.8. The molecule has 0 bridgehead atoms. The molecular weight excluding hydrogens is 379 g/mol. The van der Waals surface area contributed by atoms with Crippen molar-refractivity contribution in [3.63, 3.8) is 0 Å². The molecule has 1 aromatic carbocycles. The second-order valence-electron chi connectivity index (χ2n) is 5.47. The molecule has 142 valence electrons. The highest BCUT2D eigenvalue weighted by Crippen LogP contribution is 2.30. The van der Waals surface area contributed by atoms with E-state index in [9.17, 15) is 26.4 Å². The van der Waals surface area contributed by atoms with Gasteiger partial charge in [-0.05, 0) is 50.5 Å². The third-order valence-corrected chi connectivity index (χ3v) is 5.13. The Morgan fingerprint density at radius 3 is 2.48 bits per heavy atom. The van der Waals surface area contributed by atoms with E-state index in [1.807, 2.05) is 0 Å². The molecule has 0 fully saturated rings. The predicted molar refractivity (Wildman–Crippen MR) is 89.8 cm³/mol. The topological polar surface area (TPSA) is 72.5 Å². The van der Waals surface area contributed by atoms with Crippen molar-refractivity contribution in [3.05, 3.63) is 29.8 Å². The lowest BCUT2D eigenvalue weighted by atomic mass is 10.2. The molecule has 1 unspecified atom stereocenters. The number of halogens is 3. The quantitative estimate of drug-likeness (QED) is 0.681. The molecule has 1 rings (SSSR count). The molecule has 0 saturated heterocycles. The fraction of sp³-hybridized carbons (Fsp3) is 0.533. The van der Waals surface area contributed by atoms with Crippen molar-refractivity contribution in [2.75, 3.05) is 12.0 Å². The van der Waals surface area contributed by atoms with Gasteiger partial charge in [-0.25, -0.2) is 8.42 Å². The lowest BCUT2D eigenvalue weighted by Crippen LogP contribution is -2.43. The number of rotatable bonds is 8. The van der Waals surface area contributed by atoms with E-state index < -0.39 is 44.8 Å². The summed E-state index contributed by atoms with van der Waals surface area (Å²) in [5.41, 5.74) is -1.08. The standard InChI is InChI=1S/C15H20F3NO4S2/c1-10(2)23-14(20)13(7-8-24-3)19-25(21,22)12-6-4-5-11(9-12)15(16,17)18/h4-6,9-10,13,19H,7-8H2,1-3H3. The summed E-state index contributed by atoms with van der Waals surface area (Å²) >= 11 is 1.40. The maximum atomic E-state index is 12.8. The van der Waals surface area contributed by atoms with Crippen molar-refractivity contribution in [2.45, 2.75) is 43.5 Å². The van der Waals surface area contributed by atoms with Gasteiger partial charge < -0.3 is 4.74 Å². The van der Waals surface area contributed by atoms with Crippen LogP contribution in [0.1, 0.15) is 25.8 Å². The van der Waals surface area contributed by atoms with E-state index in [4.69, 9.17) is 4.74 Å². The van der Waals surface area contributed by atoms with Crippen molar-refractivity contribution in [3.8, 4) is 0 Å². The molecule has 5 nitrogen and oxygen atoms in total. The number of benzene rings is 1. The number of carbonyl (C=O) groups is 1. The lowest BCUT2D eigenvalue weighted by Gasteiger charge is -2.19. The van der Waals surface area contributed by atoms with Crippen LogP contribution in [0.25, 0.3) is 0 Å². The van der Waals surface area contributed by atoms with E-state index in [1.165, 1.54) is 11.8 Å². The van der Waals surface area contributed by atoms with Crippen LogP contribution in [0.2, 0.25) is 0 Å². The third kappa shape index (κ3) is 6.87. The van der Waals surface area contributed by atoms with Crippen LogP contribution in [-0.4, -0.2) is 38.5 Å². The smallest absolute Gasteiger partial charge is 0.416 e. The van der Waals surface area contributed by atoms with E-state index in [-0.39, 0.29) is 6.42 Å².